The molecule has 0 fully saturated rings. The first kappa shape index (κ1) is 27.4. The standard InChI is InChI=1S/C22H19ClF5N7O2S/c1-4-34-6-11(8(2)32-34)10-5-12(19(24)25)30-21-14(10)16(17(38-21)20(29)37)31-13(36)7-35-9(3)15(23)18(33-35)22(26,27)28/h5-6,19H,4,7H2,1-3H3,(H2,29,37)(H,31,36). The lowest BCUT2D eigenvalue weighted by Crippen LogP contribution is -2.22. The Bertz CT molecular complexity index is 1570. The van der Waals surface area contributed by atoms with Gasteiger partial charge in [0.1, 0.15) is 21.9 Å². The molecule has 9 nitrogen and oxygen atoms in total. The van der Waals surface area contributed by atoms with Gasteiger partial charge < -0.3 is 11.1 Å². The largest absolute Gasteiger partial charge is 0.436 e. The van der Waals surface area contributed by atoms with E-state index in [1.807, 2.05) is 6.92 Å². The zero-order valence-electron chi connectivity index (χ0n) is 20.0. The number of aromatic nitrogens is 5. The Kier molecular flexibility index (Phi) is 7.18. The number of nitrogens with zero attached hydrogens (tertiary/aromatic N) is 5. The van der Waals surface area contributed by atoms with Gasteiger partial charge in [0.25, 0.3) is 12.3 Å². The first-order valence-electron chi connectivity index (χ1n) is 10.9. The lowest BCUT2D eigenvalue weighted by atomic mass is 10.0. The zero-order valence-corrected chi connectivity index (χ0v) is 21.5. The third-order valence-electron chi connectivity index (χ3n) is 5.65. The molecule has 0 aliphatic heterocycles. The van der Waals surface area contributed by atoms with Crippen molar-refractivity contribution in [2.75, 3.05) is 5.32 Å². The molecule has 4 aromatic rings. The highest BCUT2D eigenvalue weighted by Crippen LogP contribution is 2.43. The molecule has 3 N–H and O–H groups in total. The fraction of sp³-hybridized carbons (Fsp3) is 0.318. The van der Waals surface area contributed by atoms with E-state index in [-0.39, 0.29) is 32.0 Å². The van der Waals surface area contributed by atoms with E-state index in [2.05, 4.69) is 20.5 Å². The van der Waals surface area contributed by atoms with Crippen LogP contribution < -0.4 is 11.1 Å². The van der Waals surface area contributed by atoms with Gasteiger partial charge in [-0.3, -0.25) is 19.0 Å². The van der Waals surface area contributed by atoms with E-state index in [9.17, 15) is 31.5 Å². The molecule has 0 unspecified atom stereocenters. The molecule has 0 radical (unpaired) electrons. The third-order valence-corrected chi connectivity index (χ3v) is 7.20. The highest BCUT2D eigenvalue weighted by atomic mass is 35.5. The van der Waals surface area contributed by atoms with Crippen molar-refractivity contribution < 1.29 is 31.5 Å². The number of carbonyl (C=O) groups excluding carboxylic acids is 2. The molecule has 0 saturated heterocycles. The van der Waals surface area contributed by atoms with Crippen molar-refractivity contribution in [3.05, 3.63) is 44.9 Å². The van der Waals surface area contributed by atoms with Crippen LogP contribution in [0.1, 0.15) is 45.8 Å². The minimum absolute atomic E-state index is 0.00298. The van der Waals surface area contributed by atoms with Gasteiger partial charge in [-0.1, -0.05) is 11.6 Å². The van der Waals surface area contributed by atoms with Crippen molar-refractivity contribution in [3.63, 3.8) is 0 Å². The molecule has 2 amide bonds. The number of fused-ring (bicyclic) bond motifs is 1. The second-order valence-corrected chi connectivity index (χ2v) is 9.56. The van der Waals surface area contributed by atoms with Crippen LogP contribution in [-0.4, -0.2) is 36.4 Å². The van der Waals surface area contributed by atoms with Crippen molar-refractivity contribution in [2.45, 2.75) is 46.5 Å². The number of primary amides is 1. The third kappa shape index (κ3) is 4.95. The smallest absolute Gasteiger partial charge is 0.365 e. The molecule has 0 spiro atoms. The zero-order chi connectivity index (χ0) is 28.1. The van der Waals surface area contributed by atoms with Gasteiger partial charge in [0.15, 0.2) is 5.69 Å². The van der Waals surface area contributed by atoms with Gasteiger partial charge in [-0.15, -0.1) is 11.3 Å². The van der Waals surface area contributed by atoms with Gasteiger partial charge in [0.05, 0.1) is 22.1 Å². The highest BCUT2D eigenvalue weighted by Gasteiger charge is 2.38. The van der Waals surface area contributed by atoms with E-state index in [0.29, 0.717) is 29.1 Å². The Labute approximate surface area is 220 Å². The molecule has 0 aromatic carbocycles. The average Bonchev–Trinajstić information content (AvgIpc) is 3.47. The molecule has 16 heteroatoms. The molecular weight excluding hydrogens is 557 g/mol. The van der Waals surface area contributed by atoms with Crippen LogP contribution in [0.15, 0.2) is 12.3 Å². The van der Waals surface area contributed by atoms with E-state index in [4.69, 9.17) is 17.3 Å². The number of hydrogen-bond donors (Lipinski definition) is 2. The molecule has 0 aliphatic carbocycles. The topological polar surface area (TPSA) is 121 Å². The van der Waals surface area contributed by atoms with E-state index >= 15 is 0 Å². The SMILES string of the molecule is CCn1cc(-c2cc(C(F)F)nc3sc(C(N)=O)c(NC(=O)Cn4nc(C(F)(F)F)c(Cl)c4C)c23)c(C)n1. The number of halogens is 6. The summed E-state index contributed by atoms with van der Waals surface area (Å²) in [6.45, 7) is 4.55. The number of hydrogen-bond acceptors (Lipinski definition) is 6. The van der Waals surface area contributed by atoms with Crippen LogP contribution in [0.4, 0.5) is 27.6 Å². The summed E-state index contributed by atoms with van der Waals surface area (Å²) in [7, 11) is 0. The highest BCUT2D eigenvalue weighted by molar-refractivity contribution is 7.21. The number of carbonyl (C=O) groups is 2. The first-order chi connectivity index (χ1) is 17.7. The molecule has 4 aromatic heterocycles. The minimum Gasteiger partial charge on any atom is -0.365 e. The van der Waals surface area contributed by atoms with Crippen LogP contribution >= 0.6 is 22.9 Å². The Balaban J connectivity index is 1.85. The quantitative estimate of drug-likeness (QED) is 0.288. The van der Waals surface area contributed by atoms with Gasteiger partial charge in [0.2, 0.25) is 5.91 Å². The number of thiophene rings is 1. The summed E-state index contributed by atoms with van der Waals surface area (Å²) >= 11 is 6.45. The number of nitrogens with two attached hydrogens (primary N) is 1. The number of amides is 2. The van der Waals surface area contributed by atoms with Crippen LogP contribution in [0, 0.1) is 13.8 Å². The number of rotatable bonds is 7. The maximum Gasteiger partial charge on any atom is 0.436 e. The fourth-order valence-corrected chi connectivity index (χ4v) is 5.11. The van der Waals surface area contributed by atoms with Crippen molar-refractivity contribution in [3.8, 4) is 11.1 Å². The molecule has 4 rings (SSSR count). The summed E-state index contributed by atoms with van der Waals surface area (Å²) in [5.41, 5.74) is 4.55. The van der Waals surface area contributed by atoms with E-state index in [1.165, 1.54) is 6.92 Å². The van der Waals surface area contributed by atoms with Crippen LogP contribution in [0.25, 0.3) is 21.3 Å². The van der Waals surface area contributed by atoms with Gasteiger partial charge in [-0.05, 0) is 32.4 Å². The Morgan fingerprint density at radius 1 is 1.21 bits per heavy atom. The summed E-state index contributed by atoms with van der Waals surface area (Å²) in [4.78, 5) is 29.0. The Morgan fingerprint density at radius 3 is 2.42 bits per heavy atom. The maximum atomic E-state index is 13.7. The molecule has 0 aliphatic rings. The molecule has 202 valence electrons. The summed E-state index contributed by atoms with van der Waals surface area (Å²) in [5.74, 6) is -1.83. The van der Waals surface area contributed by atoms with Gasteiger partial charge >= 0.3 is 6.18 Å². The predicted octanol–water partition coefficient (Wildman–Crippen LogP) is 5.34. The summed E-state index contributed by atoms with van der Waals surface area (Å²) in [5, 5.41) is 9.72. The number of aryl methyl sites for hydroxylation is 2. The lowest BCUT2D eigenvalue weighted by molar-refractivity contribution is -0.141. The number of nitrogens with one attached hydrogen (secondary N) is 1. The second-order valence-electron chi connectivity index (χ2n) is 8.18. The first-order valence-corrected chi connectivity index (χ1v) is 12.1. The molecule has 0 saturated carbocycles. The van der Waals surface area contributed by atoms with Crippen LogP contribution in [0.3, 0.4) is 0 Å². The monoisotopic (exact) mass is 575 g/mol. The maximum absolute atomic E-state index is 13.7. The molecule has 4 heterocycles. The number of pyridine rings is 1. The van der Waals surface area contributed by atoms with Crippen molar-refractivity contribution in [2.24, 2.45) is 5.73 Å². The fourth-order valence-electron chi connectivity index (χ4n) is 3.85. The lowest BCUT2D eigenvalue weighted by Gasteiger charge is -2.11. The normalized spacial score (nSPS) is 12.1. The Morgan fingerprint density at radius 2 is 1.89 bits per heavy atom. The van der Waals surface area contributed by atoms with E-state index < -0.39 is 47.4 Å². The number of alkyl halides is 5. The van der Waals surface area contributed by atoms with E-state index in [1.54, 1.807) is 17.8 Å². The van der Waals surface area contributed by atoms with Gasteiger partial charge in [-0.25, -0.2) is 13.8 Å². The second kappa shape index (κ2) is 9.94. The number of anilines is 1. The Hall–Kier alpha value is -3.59. The van der Waals surface area contributed by atoms with Crippen molar-refractivity contribution in [1.82, 2.24) is 24.5 Å². The van der Waals surface area contributed by atoms with Crippen molar-refractivity contribution in [1.29, 1.82) is 0 Å². The summed E-state index contributed by atoms with van der Waals surface area (Å²) in [6.07, 6.45) is -6.15. The van der Waals surface area contributed by atoms with Crippen LogP contribution in [0.2, 0.25) is 5.02 Å². The van der Waals surface area contributed by atoms with Crippen LogP contribution in [0.5, 0.6) is 0 Å². The summed E-state index contributed by atoms with van der Waals surface area (Å²) < 4.78 is 69.3. The molecule has 0 bridgehead atoms. The molecule has 38 heavy (non-hydrogen) atoms. The molecule has 0 atom stereocenters. The van der Waals surface area contributed by atoms with E-state index in [0.717, 1.165) is 10.7 Å². The molecular formula is C22H19ClF5N7O2S. The van der Waals surface area contributed by atoms with Gasteiger partial charge in [0, 0.05) is 23.7 Å². The van der Waals surface area contributed by atoms with Crippen molar-refractivity contribution >= 4 is 50.7 Å². The van der Waals surface area contributed by atoms with Crippen LogP contribution in [-0.2, 0) is 24.1 Å². The minimum atomic E-state index is -4.84. The predicted molar refractivity (Wildman–Crippen MR) is 130 cm³/mol. The average molecular weight is 576 g/mol. The summed E-state index contributed by atoms with van der Waals surface area (Å²) in [6, 6.07) is 1.14. The van der Waals surface area contributed by atoms with Gasteiger partial charge in [-0.2, -0.15) is 23.4 Å².